The van der Waals surface area contributed by atoms with Gasteiger partial charge >= 0.3 is 0 Å². The molecule has 1 saturated heterocycles. The van der Waals surface area contributed by atoms with Gasteiger partial charge in [-0.15, -0.1) is 0 Å². The number of fused-ring (bicyclic) bond motifs is 1. The number of anilines is 1. The first kappa shape index (κ1) is 14.6. The summed E-state index contributed by atoms with van der Waals surface area (Å²) in [5.74, 6) is 0.0459. The van der Waals surface area contributed by atoms with Crippen LogP contribution < -0.4 is 10.3 Å². The topological polar surface area (TPSA) is 76.6 Å². The molecule has 4 rings (SSSR count). The maximum atomic E-state index is 12.6. The second-order valence-corrected chi connectivity index (χ2v) is 6.17. The van der Waals surface area contributed by atoms with Gasteiger partial charge in [-0.1, -0.05) is 0 Å². The number of phenols is 2. The van der Waals surface area contributed by atoms with E-state index in [9.17, 15) is 15.0 Å². The molecule has 1 aromatic heterocycles. The Kier molecular flexibility index (Phi) is 3.41. The number of hydrogen-bond acceptors (Lipinski definition) is 4. The van der Waals surface area contributed by atoms with Gasteiger partial charge in [-0.25, -0.2) is 0 Å². The maximum Gasteiger partial charge on any atom is 0.190 e. The van der Waals surface area contributed by atoms with E-state index in [2.05, 4.69) is 9.88 Å². The Hall–Kier alpha value is -2.95. The van der Waals surface area contributed by atoms with E-state index in [-0.39, 0.29) is 16.9 Å². The van der Waals surface area contributed by atoms with Crippen molar-refractivity contribution in [2.75, 3.05) is 18.0 Å². The molecule has 5 nitrogen and oxygen atoms in total. The smallest absolute Gasteiger partial charge is 0.190 e. The molecule has 0 unspecified atom stereocenters. The Morgan fingerprint density at radius 2 is 1.75 bits per heavy atom. The molecule has 1 aliphatic heterocycles. The van der Waals surface area contributed by atoms with E-state index in [1.54, 1.807) is 0 Å². The summed E-state index contributed by atoms with van der Waals surface area (Å²) in [4.78, 5) is 18.0. The molecule has 122 valence electrons. The second-order valence-electron chi connectivity index (χ2n) is 6.17. The van der Waals surface area contributed by atoms with Crippen molar-refractivity contribution < 1.29 is 10.2 Å². The SMILES string of the molecule is O=c1cc(-c2cc(O)ccc2O)[nH]c2ccc(N3CCCC3)cc12. The van der Waals surface area contributed by atoms with E-state index in [1.807, 2.05) is 18.2 Å². The molecule has 0 spiro atoms. The zero-order chi connectivity index (χ0) is 16.7. The number of phenolic OH excluding ortho intramolecular Hbond substituents is 2. The number of aromatic nitrogens is 1. The highest BCUT2D eigenvalue weighted by atomic mass is 16.3. The largest absolute Gasteiger partial charge is 0.508 e. The predicted octanol–water partition coefficient (Wildman–Crippen LogP) is 3.21. The molecule has 0 radical (unpaired) electrons. The van der Waals surface area contributed by atoms with Crippen molar-refractivity contribution in [2.45, 2.75) is 12.8 Å². The van der Waals surface area contributed by atoms with Gasteiger partial charge in [-0.3, -0.25) is 4.79 Å². The molecule has 0 atom stereocenters. The number of pyridine rings is 1. The quantitative estimate of drug-likeness (QED) is 0.633. The predicted molar refractivity (Wildman–Crippen MR) is 94.8 cm³/mol. The van der Waals surface area contributed by atoms with E-state index in [0.717, 1.165) is 18.8 Å². The van der Waals surface area contributed by atoms with Gasteiger partial charge in [0.1, 0.15) is 11.5 Å². The standard InChI is InChI=1S/C19H18N2O3/c22-13-4-6-18(23)15(10-13)17-11-19(24)14-9-12(3-5-16(14)20-17)21-7-1-2-8-21/h3-6,9-11,22-23H,1-2,7-8H2,(H,20,24). The Morgan fingerprint density at radius 3 is 2.54 bits per heavy atom. The first-order valence-corrected chi connectivity index (χ1v) is 8.06. The summed E-state index contributed by atoms with van der Waals surface area (Å²) < 4.78 is 0. The Bertz CT molecular complexity index is 972. The van der Waals surface area contributed by atoms with Crippen molar-refractivity contribution >= 4 is 16.6 Å². The van der Waals surface area contributed by atoms with Crippen molar-refractivity contribution in [3.8, 4) is 22.8 Å². The molecule has 2 aromatic carbocycles. The Labute approximate surface area is 138 Å². The number of aromatic amines is 1. The van der Waals surface area contributed by atoms with Crippen molar-refractivity contribution in [2.24, 2.45) is 0 Å². The van der Waals surface area contributed by atoms with E-state index >= 15 is 0 Å². The molecule has 5 heteroatoms. The normalized spacial score (nSPS) is 14.4. The number of rotatable bonds is 2. The van der Waals surface area contributed by atoms with Gasteiger partial charge in [-0.05, 0) is 49.2 Å². The molecule has 2 heterocycles. The van der Waals surface area contributed by atoms with Crippen LogP contribution in [0.4, 0.5) is 5.69 Å². The third-order valence-corrected chi connectivity index (χ3v) is 4.55. The number of H-pyrrole nitrogens is 1. The van der Waals surface area contributed by atoms with Gasteiger partial charge in [0, 0.05) is 41.3 Å². The van der Waals surface area contributed by atoms with Crippen LogP contribution in [0.15, 0.2) is 47.3 Å². The molecule has 1 fully saturated rings. The highest BCUT2D eigenvalue weighted by molar-refractivity contribution is 5.85. The molecule has 3 N–H and O–H groups in total. The van der Waals surface area contributed by atoms with Crippen molar-refractivity contribution in [3.63, 3.8) is 0 Å². The zero-order valence-electron chi connectivity index (χ0n) is 13.1. The molecular weight excluding hydrogens is 304 g/mol. The number of aromatic hydroxyl groups is 2. The van der Waals surface area contributed by atoms with Crippen LogP contribution in [-0.4, -0.2) is 28.3 Å². The van der Waals surface area contributed by atoms with E-state index in [1.165, 1.54) is 37.1 Å². The first-order chi connectivity index (χ1) is 11.6. The molecule has 24 heavy (non-hydrogen) atoms. The zero-order valence-corrected chi connectivity index (χ0v) is 13.1. The lowest BCUT2D eigenvalue weighted by Gasteiger charge is -2.18. The third-order valence-electron chi connectivity index (χ3n) is 4.55. The molecular formula is C19H18N2O3. The minimum Gasteiger partial charge on any atom is -0.508 e. The summed E-state index contributed by atoms with van der Waals surface area (Å²) in [6.07, 6.45) is 2.37. The minimum atomic E-state index is -0.109. The lowest BCUT2D eigenvalue weighted by atomic mass is 10.1. The second kappa shape index (κ2) is 5.60. The minimum absolute atomic E-state index is 0.0106. The Morgan fingerprint density at radius 1 is 0.958 bits per heavy atom. The van der Waals surface area contributed by atoms with E-state index in [0.29, 0.717) is 22.2 Å². The van der Waals surface area contributed by atoms with Crippen LogP contribution in [0.25, 0.3) is 22.2 Å². The van der Waals surface area contributed by atoms with Crippen molar-refractivity contribution in [3.05, 3.63) is 52.7 Å². The summed E-state index contributed by atoms with van der Waals surface area (Å²) in [5.41, 5.74) is 2.55. The van der Waals surface area contributed by atoms with Gasteiger partial charge in [0.15, 0.2) is 5.43 Å². The van der Waals surface area contributed by atoms with Crippen LogP contribution >= 0.6 is 0 Å². The van der Waals surface area contributed by atoms with Crippen molar-refractivity contribution in [1.82, 2.24) is 4.98 Å². The molecule has 0 aliphatic carbocycles. The first-order valence-electron chi connectivity index (χ1n) is 8.06. The van der Waals surface area contributed by atoms with Crippen LogP contribution in [0.5, 0.6) is 11.5 Å². The highest BCUT2D eigenvalue weighted by Gasteiger charge is 2.14. The summed E-state index contributed by atoms with van der Waals surface area (Å²) in [6.45, 7) is 2.05. The monoisotopic (exact) mass is 322 g/mol. The average Bonchev–Trinajstić information content (AvgIpc) is 3.11. The number of hydrogen-bond donors (Lipinski definition) is 3. The van der Waals surface area contributed by atoms with Gasteiger partial charge in [0.25, 0.3) is 0 Å². The highest BCUT2D eigenvalue weighted by Crippen LogP contribution is 2.31. The third kappa shape index (κ3) is 2.48. The lowest BCUT2D eigenvalue weighted by Crippen LogP contribution is -2.17. The number of nitrogens with one attached hydrogen (secondary N) is 1. The lowest BCUT2D eigenvalue weighted by molar-refractivity contribution is 0.461. The summed E-state index contributed by atoms with van der Waals surface area (Å²) >= 11 is 0. The molecule has 0 saturated carbocycles. The van der Waals surface area contributed by atoms with E-state index in [4.69, 9.17) is 0 Å². The molecule has 1 aliphatic rings. The van der Waals surface area contributed by atoms with Gasteiger partial charge < -0.3 is 20.1 Å². The fourth-order valence-corrected chi connectivity index (χ4v) is 3.29. The molecule has 3 aromatic rings. The Balaban J connectivity index is 1.84. The van der Waals surface area contributed by atoms with Crippen LogP contribution in [0.2, 0.25) is 0 Å². The number of nitrogens with zero attached hydrogens (tertiary/aromatic N) is 1. The van der Waals surface area contributed by atoms with Crippen molar-refractivity contribution in [1.29, 1.82) is 0 Å². The fraction of sp³-hybridized carbons (Fsp3) is 0.211. The van der Waals surface area contributed by atoms with Gasteiger partial charge in [0.2, 0.25) is 0 Å². The average molecular weight is 322 g/mol. The summed E-state index contributed by atoms with van der Waals surface area (Å²) in [7, 11) is 0. The molecule has 0 bridgehead atoms. The summed E-state index contributed by atoms with van der Waals surface area (Å²) in [5, 5.41) is 20.3. The fourth-order valence-electron chi connectivity index (χ4n) is 3.29. The van der Waals surface area contributed by atoms with E-state index < -0.39 is 0 Å². The maximum absolute atomic E-state index is 12.6. The van der Waals surface area contributed by atoms with Gasteiger partial charge in [0.05, 0.1) is 5.69 Å². The van der Waals surface area contributed by atoms with Crippen LogP contribution in [0.1, 0.15) is 12.8 Å². The van der Waals surface area contributed by atoms with Crippen LogP contribution in [-0.2, 0) is 0 Å². The molecule has 0 amide bonds. The summed E-state index contributed by atoms with van der Waals surface area (Å²) in [6, 6.07) is 11.5. The van der Waals surface area contributed by atoms with Crippen LogP contribution in [0.3, 0.4) is 0 Å². The van der Waals surface area contributed by atoms with Gasteiger partial charge in [-0.2, -0.15) is 0 Å². The number of benzene rings is 2. The van der Waals surface area contributed by atoms with Crippen LogP contribution in [0, 0.1) is 0 Å².